The Morgan fingerprint density at radius 2 is 2.00 bits per heavy atom. The summed E-state index contributed by atoms with van der Waals surface area (Å²) in [6, 6.07) is 5.61. The third-order valence-electron chi connectivity index (χ3n) is 3.75. The standard InChI is InChI=1S/C14H19Cl2NO/c1-2-10-8-17(7-6-14(10)18)9-11-12(15)4-3-5-13(11)16/h3-5,10,14,18H,2,6-9H2,1H3. The monoisotopic (exact) mass is 287 g/mol. The van der Waals surface area contributed by atoms with Crippen molar-refractivity contribution >= 4 is 23.2 Å². The summed E-state index contributed by atoms with van der Waals surface area (Å²) in [5.41, 5.74) is 0.993. The minimum atomic E-state index is -0.159. The van der Waals surface area contributed by atoms with E-state index in [0.717, 1.165) is 48.1 Å². The highest BCUT2D eigenvalue weighted by Gasteiger charge is 2.26. The summed E-state index contributed by atoms with van der Waals surface area (Å²) in [7, 11) is 0. The highest BCUT2D eigenvalue weighted by Crippen LogP contribution is 2.28. The smallest absolute Gasteiger partial charge is 0.0592 e. The van der Waals surface area contributed by atoms with Gasteiger partial charge in [0.1, 0.15) is 0 Å². The number of rotatable bonds is 3. The van der Waals surface area contributed by atoms with E-state index in [9.17, 15) is 5.11 Å². The topological polar surface area (TPSA) is 23.5 Å². The molecule has 4 heteroatoms. The molecule has 1 N–H and O–H groups in total. The van der Waals surface area contributed by atoms with Gasteiger partial charge in [-0.15, -0.1) is 0 Å². The number of nitrogens with zero attached hydrogens (tertiary/aromatic N) is 1. The third kappa shape index (κ3) is 3.18. The van der Waals surface area contributed by atoms with Gasteiger partial charge >= 0.3 is 0 Å². The minimum Gasteiger partial charge on any atom is -0.393 e. The lowest BCUT2D eigenvalue weighted by Crippen LogP contribution is -2.42. The molecule has 1 aromatic carbocycles. The van der Waals surface area contributed by atoms with Crippen molar-refractivity contribution in [3.63, 3.8) is 0 Å². The molecule has 100 valence electrons. The van der Waals surface area contributed by atoms with Crippen molar-refractivity contribution in [1.82, 2.24) is 4.90 Å². The molecule has 0 aromatic heterocycles. The van der Waals surface area contributed by atoms with Crippen LogP contribution >= 0.6 is 23.2 Å². The second-order valence-corrected chi connectivity index (χ2v) is 5.77. The highest BCUT2D eigenvalue weighted by atomic mass is 35.5. The van der Waals surface area contributed by atoms with Crippen molar-refractivity contribution in [3.8, 4) is 0 Å². The van der Waals surface area contributed by atoms with E-state index in [2.05, 4.69) is 11.8 Å². The zero-order valence-electron chi connectivity index (χ0n) is 10.6. The molecule has 2 rings (SSSR count). The largest absolute Gasteiger partial charge is 0.393 e. The molecule has 0 radical (unpaired) electrons. The Labute approximate surface area is 119 Å². The molecule has 1 aliphatic rings. The van der Waals surface area contributed by atoms with Crippen LogP contribution in [0, 0.1) is 5.92 Å². The zero-order valence-corrected chi connectivity index (χ0v) is 12.1. The summed E-state index contributed by atoms with van der Waals surface area (Å²) in [5.74, 6) is 0.361. The van der Waals surface area contributed by atoms with Crippen molar-refractivity contribution in [2.75, 3.05) is 13.1 Å². The van der Waals surface area contributed by atoms with Gasteiger partial charge in [0.25, 0.3) is 0 Å². The van der Waals surface area contributed by atoms with Gasteiger partial charge in [-0.2, -0.15) is 0 Å². The lowest BCUT2D eigenvalue weighted by molar-refractivity contribution is 0.0222. The lowest BCUT2D eigenvalue weighted by atomic mass is 9.92. The van der Waals surface area contributed by atoms with E-state index in [-0.39, 0.29) is 6.10 Å². The Bertz CT molecular complexity index is 391. The molecular weight excluding hydrogens is 269 g/mol. The average molecular weight is 288 g/mol. The Morgan fingerprint density at radius 1 is 1.33 bits per heavy atom. The Kier molecular flexibility index (Phi) is 4.91. The highest BCUT2D eigenvalue weighted by molar-refractivity contribution is 6.35. The maximum Gasteiger partial charge on any atom is 0.0592 e. The molecule has 2 nitrogen and oxygen atoms in total. The lowest BCUT2D eigenvalue weighted by Gasteiger charge is -2.36. The van der Waals surface area contributed by atoms with Crippen LogP contribution in [0.4, 0.5) is 0 Å². The van der Waals surface area contributed by atoms with E-state index < -0.39 is 0 Å². The molecule has 18 heavy (non-hydrogen) atoms. The van der Waals surface area contributed by atoms with Crippen molar-refractivity contribution in [3.05, 3.63) is 33.8 Å². The molecular formula is C14H19Cl2NO. The van der Waals surface area contributed by atoms with E-state index in [0.29, 0.717) is 5.92 Å². The summed E-state index contributed by atoms with van der Waals surface area (Å²) < 4.78 is 0. The summed E-state index contributed by atoms with van der Waals surface area (Å²) >= 11 is 12.4. The van der Waals surface area contributed by atoms with Crippen molar-refractivity contribution in [2.24, 2.45) is 5.92 Å². The van der Waals surface area contributed by atoms with Crippen LogP contribution in [0.5, 0.6) is 0 Å². The summed E-state index contributed by atoms with van der Waals surface area (Å²) in [6.07, 6.45) is 1.68. The Balaban J connectivity index is 2.06. The molecule has 1 heterocycles. The van der Waals surface area contributed by atoms with Gasteiger partial charge in [-0.25, -0.2) is 0 Å². The fourth-order valence-corrected chi connectivity index (χ4v) is 3.06. The number of aliphatic hydroxyl groups is 1. The summed E-state index contributed by atoms with van der Waals surface area (Å²) in [4.78, 5) is 2.33. The van der Waals surface area contributed by atoms with E-state index in [1.165, 1.54) is 0 Å². The molecule has 0 amide bonds. The summed E-state index contributed by atoms with van der Waals surface area (Å²) in [5, 5.41) is 11.3. The van der Waals surface area contributed by atoms with Crippen molar-refractivity contribution < 1.29 is 5.11 Å². The van der Waals surface area contributed by atoms with Gasteiger partial charge in [0, 0.05) is 35.2 Å². The first-order valence-corrected chi connectivity index (χ1v) is 7.20. The van der Waals surface area contributed by atoms with Crippen molar-refractivity contribution in [1.29, 1.82) is 0 Å². The second kappa shape index (κ2) is 6.25. The molecule has 1 fully saturated rings. The first-order valence-electron chi connectivity index (χ1n) is 6.45. The van der Waals surface area contributed by atoms with E-state index in [1.54, 1.807) is 0 Å². The first kappa shape index (κ1) is 14.1. The molecule has 1 aromatic rings. The Morgan fingerprint density at radius 3 is 2.61 bits per heavy atom. The fraction of sp³-hybridized carbons (Fsp3) is 0.571. The maximum atomic E-state index is 9.88. The molecule has 0 aliphatic carbocycles. The van der Waals surface area contributed by atoms with Gasteiger partial charge in [-0.05, 0) is 30.9 Å². The van der Waals surface area contributed by atoms with Crippen LogP contribution < -0.4 is 0 Å². The number of likely N-dealkylation sites (tertiary alicyclic amines) is 1. The second-order valence-electron chi connectivity index (χ2n) is 4.96. The predicted molar refractivity (Wildman–Crippen MR) is 76.1 cm³/mol. The van der Waals surface area contributed by atoms with Crippen LogP contribution in [0.25, 0.3) is 0 Å². The van der Waals surface area contributed by atoms with E-state index in [4.69, 9.17) is 23.2 Å². The molecule has 0 spiro atoms. The Hall–Kier alpha value is -0.280. The molecule has 0 bridgehead atoms. The van der Waals surface area contributed by atoms with Crippen LogP contribution in [-0.2, 0) is 6.54 Å². The molecule has 0 saturated carbocycles. The van der Waals surface area contributed by atoms with Gasteiger partial charge < -0.3 is 5.11 Å². The van der Waals surface area contributed by atoms with Crippen LogP contribution in [0.1, 0.15) is 25.3 Å². The van der Waals surface area contributed by atoms with Crippen molar-refractivity contribution in [2.45, 2.75) is 32.4 Å². The number of hydrogen-bond acceptors (Lipinski definition) is 2. The number of aliphatic hydroxyl groups excluding tert-OH is 1. The normalized spacial score (nSPS) is 25.3. The number of piperidine rings is 1. The zero-order chi connectivity index (χ0) is 13.1. The van der Waals surface area contributed by atoms with Gasteiger partial charge in [0.05, 0.1) is 6.10 Å². The van der Waals surface area contributed by atoms with E-state index in [1.807, 2.05) is 18.2 Å². The number of halogens is 2. The predicted octanol–water partition coefficient (Wildman–Crippen LogP) is 3.59. The SMILES string of the molecule is CCC1CN(Cc2c(Cl)cccc2Cl)CCC1O. The fourth-order valence-electron chi connectivity index (χ4n) is 2.55. The van der Waals surface area contributed by atoms with Gasteiger partial charge in [-0.1, -0.05) is 36.2 Å². The van der Waals surface area contributed by atoms with E-state index >= 15 is 0 Å². The maximum absolute atomic E-state index is 9.88. The van der Waals surface area contributed by atoms with Gasteiger partial charge in [0.2, 0.25) is 0 Å². The van der Waals surface area contributed by atoms with Crippen LogP contribution in [-0.4, -0.2) is 29.2 Å². The quantitative estimate of drug-likeness (QED) is 0.919. The molecule has 1 aliphatic heterocycles. The molecule has 2 unspecified atom stereocenters. The van der Waals surface area contributed by atoms with Crippen LogP contribution in [0.2, 0.25) is 10.0 Å². The van der Waals surface area contributed by atoms with Gasteiger partial charge in [0.15, 0.2) is 0 Å². The van der Waals surface area contributed by atoms with Gasteiger partial charge in [-0.3, -0.25) is 4.90 Å². The third-order valence-corrected chi connectivity index (χ3v) is 4.45. The summed E-state index contributed by atoms with van der Waals surface area (Å²) in [6.45, 7) is 4.71. The first-order chi connectivity index (χ1) is 8.61. The van der Waals surface area contributed by atoms with Crippen LogP contribution in [0.15, 0.2) is 18.2 Å². The number of benzene rings is 1. The average Bonchev–Trinajstić information content (AvgIpc) is 2.36. The molecule has 2 atom stereocenters. The minimum absolute atomic E-state index is 0.159. The van der Waals surface area contributed by atoms with Crippen LogP contribution in [0.3, 0.4) is 0 Å². The number of hydrogen-bond donors (Lipinski definition) is 1. The molecule has 1 saturated heterocycles.